The van der Waals surface area contributed by atoms with Crippen molar-refractivity contribution in [2.24, 2.45) is 0 Å². The molecule has 0 aromatic carbocycles. The highest BCUT2D eigenvalue weighted by Gasteiger charge is 2.35. The van der Waals surface area contributed by atoms with Crippen molar-refractivity contribution < 1.29 is 0 Å². The summed E-state index contributed by atoms with van der Waals surface area (Å²) >= 11 is 0. The molecule has 4 heteroatoms. The lowest BCUT2D eigenvalue weighted by Crippen LogP contribution is -2.25. The van der Waals surface area contributed by atoms with Crippen molar-refractivity contribution in [2.45, 2.75) is 50.2 Å². The molecule has 2 saturated heterocycles. The summed E-state index contributed by atoms with van der Waals surface area (Å²) in [5.74, 6) is 0. The van der Waals surface area contributed by atoms with Gasteiger partial charge in [0.2, 0.25) is 0 Å². The molecule has 2 aliphatic heterocycles. The minimum Gasteiger partial charge on any atom is -0.329 e. The van der Waals surface area contributed by atoms with Crippen molar-refractivity contribution in [1.82, 2.24) is 19.8 Å². The highest BCUT2D eigenvalue weighted by atomic mass is 15.3. The van der Waals surface area contributed by atoms with Gasteiger partial charge in [-0.15, -0.1) is 0 Å². The van der Waals surface area contributed by atoms with Gasteiger partial charge in [-0.25, -0.2) is 4.98 Å². The van der Waals surface area contributed by atoms with Gasteiger partial charge in [0.25, 0.3) is 0 Å². The molecule has 3 aliphatic rings. The third-order valence-electron chi connectivity index (χ3n) is 4.76. The molecule has 2 atom stereocenters. The van der Waals surface area contributed by atoms with Crippen LogP contribution in [-0.4, -0.2) is 40.1 Å². The van der Waals surface area contributed by atoms with Gasteiger partial charge in [0.15, 0.2) is 0 Å². The van der Waals surface area contributed by atoms with E-state index < -0.39 is 0 Å². The molecule has 0 amide bonds. The van der Waals surface area contributed by atoms with Crippen LogP contribution in [0.3, 0.4) is 0 Å². The number of imidazole rings is 1. The summed E-state index contributed by atoms with van der Waals surface area (Å²) in [7, 11) is 0. The van der Waals surface area contributed by atoms with Gasteiger partial charge in [-0.3, -0.25) is 4.90 Å². The first-order chi connectivity index (χ1) is 8.92. The average molecular weight is 246 g/mol. The van der Waals surface area contributed by atoms with Gasteiger partial charge in [-0.1, -0.05) is 0 Å². The van der Waals surface area contributed by atoms with Crippen LogP contribution in [-0.2, 0) is 0 Å². The molecule has 3 heterocycles. The molecule has 1 aromatic heterocycles. The summed E-state index contributed by atoms with van der Waals surface area (Å²) in [4.78, 5) is 7.08. The van der Waals surface area contributed by atoms with Gasteiger partial charge in [0.05, 0.1) is 12.0 Å². The second kappa shape index (κ2) is 4.35. The Hall–Kier alpha value is -0.870. The zero-order chi connectivity index (χ0) is 11.9. The van der Waals surface area contributed by atoms with Crippen LogP contribution in [0, 0.1) is 0 Å². The lowest BCUT2D eigenvalue weighted by molar-refractivity contribution is 0.311. The van der Waals surface area contributed by atoms with Crippen LogP contribution >= 0.6 is 0 Å². The average Bonchev–Trinajstić information content (AvgIpc) is 2.91. The quantitative estimate of drug-likeness (QED) is 0.881. The standard InChI is InChI=1S/C14H22N4/c1-2-13(16-6-1)14-8-15-10-18(14)12-5-7-17(9-12)11-3-4-11/h8,10-13,16H,1-7,9H2. The first-order valence-electron chi connectivity index (χ1n) is 7.41. The zero-order valence-corrected chi connectivity index (χ0v) is 10.9. The van der Waals surface area contributed by atoms with E-state index in [4.69, 9.17) is 0 Å². The maximum atomic E-state index is 4.40. The molecule has 1 N–H and O–H groups in total. The summed E-state index contributed by atoms with van der Waals surface area (Å²) in [6.07, 6.45) is 10.8. The highest BCUT2D eigenvalue weighted by Crippen LogP contribution is 2.35. The molecule has 2 unspecified atom stereocenters. The molecule has 98 valence electrons. The van der Waals surface area contributed by atoms with Crippen molar-refractivity contribution in [2.75, 3.05) is 19.6 Å². The fraction of sp³-hybridized carbons (Fsp3) is 0.786. The van der Waals surface area contributed by atoms with Gasteiger partial charge in [-0.05, 0) is 38.6 Å². The summed E-state index contributed by atoms with van der Waals surface area (Å²) < 4.78 is 2.45. The molecule has 0 spiro atoms. The van der Waals surface area contributed by atoms with E-state index in [-0.39, 0.29) is 0 Å². The van der Waals surface area contributed by atoms with Gasteiger partial charge in [0, 0.05) is 37.4 Å². The predicted molar refractivity (Wildman–Crippen MR) is 70.5 cm³/mol. The molecule has 4 nitrogen and oxygen atoms in total. The monoisotopic (exact) mass is 246 g/mol. The van der Waals surface area contributed by atoms with Crippen LogP contribution in [0.2, 0.25) is 0 Å². The first-order valence-corrected chi connectivity index (χ1v) is 7.41. The maximum absolute atomic E-state index is 4.40. The number of hydrogen-bond acceptors (Lipinski definition) is 3. The Morgan fingerprint density at radius 1 is 1.17 bits per heavy atom. The van der Waals surface area contributed by atoms with Crippen molar-refractivity contribution >= 4 is 0 Å². The largest absolute Gasteiger partial charge is 0.329 e. The number of rotatable bonds is 3. The van der Waals surface area contributed by atoms with Crippen molar-refractivity contribution in [3.8, 4) is 0 Å². The van der Waals surface area contributed by atoms with Gasteiger partial charge in [-0.2, -0.15) is 0 Å². The van der Waals surface area contributed by atoms with Crippen LogP contribution in [0.4, 0.5) is 0 Å². The van der Waals surface area contributed by atoms with Crippen molar-refractivity contribution in [1.29, 1.82) is 0 Å². The molecule has 4 rings (SSSR count). The number of hydrogen-bond donors (Lipinski definition) is 1. The zero-order valence-electron chi connectivity index (χ0n) is 10.9. The Labute approximate surface area is 108 Å². The van der Waals surface area contributed by atoms with E-state index in [1.165, 1.54) is 50.9 Å². The van der Waals surface area contributed by atoms with Crippen molar-refractivity contribution in [3.63, 3.8) is 0 Å². The Morgan fingerprint density at radius 2 is 2.11 bits per heavy atom. The van der Waals surface area contributed by atoms with Crippen LogP contribution < -0.4 is 5.32 Å². The van der Waals surface area contributed by atoms with E-state index in [0.717, 1.165) is 12.6 Å². The smallest absolute Gasteiger partial charge is 0.0951 e. The van der Waals surface area contributed by atoms with Crippen LogP contribution in [0.5, 0.6) is 0 Å². The lowest BCUT2D eigenvalue weighted by Gasteiger charge is -2.20. The molecular formula is C14H22N4. The van der Waals surface area contributed by atoms with E-state index in [1.807, 2.05) is 0 Å². The lowest BCUT2D eigenvalue weighted by atomic mass is 10.1. The van der Waals surface area contributed by atoms with E-state index >= 15 is 0 Å². The van der Waals surface area contributed by atoms with Gasteiger partial charge >= 0.3 is 0 Å². The normalized spacial score (nSPS) is 33.3. The molecule has 18 heavy (non-hydrogen) atoms. The van der Waals surface area contributed by atoms with Crippen LogP contribution in [0.15, 0.2) is 12.5 Å². The molecule has 1 aromatic rings. The van der Waals surface area contributed by atoms with Gasteiger partial charge in [0.1, 0.15) is 0 Å². The second-order valence-electron chi connectivity index (χ2n) is 6.04. The number of nitrogens with zero attached hydrogens (tertiary/aromatic N) is 3. The summed E-state index contributed by atoms with van der Waals surface area (Å²) in [5, 5.41) is 3.59. The minimum atomic E-state index is 0.544. The molecule has 0 radical (unpaired) electrons. The number of aromatic nitrogens is 2. The second-order valence-corrected chi connectivity index (χ2v) is 6.04. The number of nitrogens with one attached hydrogen (secondary N) is 1. The topological polar surface area (TPSA) is 33.1 Å². The van der Waals surface area contributed by atoms with E-state index in [2.05, 4.69) is 32.3 Å². The Morgan fingerprint density at radius 3 is 2.89 bits per heavy atom. The molecule has 0 bridgehead atoms. The van der Waals surface area contributed by atoms with Crippen LogP contribution in [0.25, 0.3) is 0 Å². The molecule has 3 fully saturated rings. The van der Waals surface area contributed by atoms with Crippen LogP contribution in [0.1, 0.15) is 49.9 Å². The predicted octanol–water partition coefficient (Wildman–Crippen LogP) is 1.72. The fourth-order valence-electron chi connectivity index (χ4n) is 3.59. The maximum Gasteiger partial charge on any atom is 0.0951 e. The van der Waals surface area contributed by atoms with E-state index in [1.54, 1.807) is 0 Å². The molecule has 1 aliphatic carbocycles. The van der Waals surface area contributed by atoms with Gasteiger partial charge < -0.3 is 9.88 Å². The van der Waals surface area contributed by atoms with E-state index in [0.29, 0.717) is 12.1 Å². The molecule has 1 saturated carbocycles. The third-order valence-corrected chi connectivity index (χ3v) is 4.76. The fourth-order valence-corrected chi connectivity index (χ4v) is 3.59. The Bertz CT molecular complexity index is 417. The SMILES string of the molecule is c1ncn(C2CCN(C3CC3)C2)c1C1CCCN1. The Kier molecular flexibility index (Phi) is 2.66. The minimum absolute atomic E-state index is 0.544. The molecular weight excluding hydrogens is 224 g/mol. The summed E-state index contributed by atoms with van der Waals surface area (Å²) in [6.45, 7) is 3.68. The summed E-state index contributed by atoms with van der Waals surface area (Å²) in [5.41, 5.74) is 1.41. The number of likely N-dealkylation sites (tertiary alicyclic amines) is 1. The van der Waals surface area contributed by atoms with Crippen molar-refractivity contribution in [3.05, 3.63) is 18.2 Å². The first kappa shape index (κ1) is 11.0. The third kappa shape index (κ3) is 1.88. The van der Waals surface area contributed by atoms with E-state index in [9.17, 15) is 0 Å². The highest BCUT2D eigenvalue weighted by molar-refractivity contribution is 5.10. The Balaban J connectivity index is 1.52. The summed E-state index contributed by atoms with van der Waals surface area (Å²) in [6, 6.07) is 2.11.